The summed E-state index contributed by atoms with van der Waals surface area (Å²) in [4.78, 5) is 16.0. The minimum atomic E-state index is -0.248. The predicted octanol–water partition coefficient (Wildman–Crippen LogP) is 4.24. The summed E-state index contributed by atoms with van der Waals surface area (Å²) in [6, 6.07) is 7.48. The Morgan fingerprint density at radius 3 is 2.71 bits per heavy atom. The highest BCUT2D eigenvalue weighted by atomic mass is 79.9. The number of pyridine rings is 1. The summed E-state index contributed by atoms with van der Waals surface area (Å²) in [6.45, 7) is 3.79. The van der Waals surface area contributed by atoms with Gasteiger partial charge in [0.15, 0.2) is 6.61 Å². The normalized spacial score (nSPS) is 10.3. The van der Waals surface area contributed by atoms with Gasteiger partial charge in [-0.05, 0) is 65.2 Å². The van der Waals surface area contributed by atoms with Gasteiger partial charge in [-0.25, -0.2) is 4.98 Å². The molecule has 0 bridgehead atoms. The molecule has 0 aliphatic heterocycles. The summed E-state index contributed by atoms with van der Waals surface area (Å²) in [7, 11) is 0. The molecule has 2 rings (SSSR count). The molecule has 0 fully saturated rings. The van der Waals surface area contributed by atoms with Crippen LogP contribution in [0.15, 0.2) is 39.4 Å². The van der Waals surface area contributed by atoms with E-state index in [-0.39, 0.29) is 12.5 Å². The number of ether oxygens (including phenoxy) is 1. The molecule has 1 aromatic carbocycles. The van der Waals surface area contributed by atoms with Crippen molar-refractivity contribution in [2.45, 2.75) is 13.8 Å². The zero-order chi connectivity index (χ0) is 15.4. The molecule has 6 heteroatoms. The van der Waals surface area contributed by atoms with Crippen LogP contribution in [-0.4, -0.2) is 17.5 Å². The van der Waals surface area contributed by atoms with Crippen LogP contribution in [0.5, 0.6) is 5.75 Å². The average Bonchev–Trinajstić information content (AvgIpc) is 2.37. The predicted molar refractivity (Wildman–Crippen MR) is 89.7 cm³/mol. The summed E-state index contributed by atoms with van der Waals surface area (Å²) in [6.07, 6.45) is 1.65. The maximum absolute atomic E-state index is 11.9. The van der Waals surface area contributed by atoms with Crippen LogP contribution in [0.1, 0.15) is 11.1 Å². The van der Waals surface area contributed by atoms with E-state index in [4.69, 9.17) is 4.74 Å². The van der Waals surface area contributed by atoms with Gasteiger partial charge in [-0.15, -0.1) is 0 Å². The fraction of sp³-hybridized carbons (Fsp3) is 0.200. The molecule has 1 heterocycles. The number of anilines is 1. The van der Waals surface area contributed by atoms with Crippen molar-refractivity contribution in [1.82, 2.24) is 4.98 Å². The molecular weight excluding hydrogens is 400 g/mol. The van der Waals surface area contributed by atoms with Crippen LogP contribution >= 0.6 is 31.9 Å². The molecule has 0 atom stereocenters. The Kier molecular flexibility index (Phi) is 5.36. The lowest BCUT2D eigenvalue weighted by Crippen LogP contribution is -2.21. The molecule has 110 valence electrons. The van der Waals surface area contributed by atoms with Gasteiger partial charge in [0, 0.05) is 10.7 Å². The van der Waals surface area contributed by atoms with Gasteiger partial charge >= 0.3 is 0 Å². The first kappa shape index (κ1) is 16.0. The third-order valence-electron chi connectivity index (χ3n) is 2.72. The minimum Gasteiger partial charge on any atom is -0.482 e. The van der Waals surface area contributed by atoms with Crippen molar-refractivity contribution in [3.63, 3.8) is 0 Å². The number of benzene rings is 1. The Labute approximate surface area is 140 Å². The Hall–Kier alpha value is -1.40. The summed E-state index contributed by atoms with van der Waals surface area (Å²) in [5.74, 6) is 0.933. The molecule has 1 aromatic heterocycles. The van der Waals surface area contributed by atoms with Crippen LogP contribution in [0.25, 0.3) is 0 Å². The molecule has 0 saturated carbocycles. The number of hydrogen-bond acceptors (Lipinski definition) is 3. The number of nitrogens with one attached hydrogen (secondary N) is 1. The van der Waals surface area contributed by atoms with Gasteiger partial charge in [0.25, 0.3) is 5.91 Å². The number of aromatic nitrogens is 1. The van der Waals surface area contributed by atoms with Gasteiger partial charge in [0.05, 0.1) is 4.47 Å². The van der Waals surface area contributed by atoms with E-state index in [1.807, 2.05) is 32.0 Å². The number of halogens is 2. The van der Waals surface area contributed by atoms with E-state index in [9.17, 15) is 4.79 Å². The third-order valence-corrected chi connectivity index (χ3v) is 3.77. The number of carbonyl (C=O) groups excluding carboxylic acids is 1. The van der Waals surface area contributed by atoms with Crippen LogP contribution in [-0.2, 0) is 4.79 Å². The van der Waals surface area contributed by atoms with E-state index in [0.29, 0.717) is 11.6 Å². The first-order valence-corrected chi connectivity index (χ1v) is 7.85. The fourth-order valence-corrected chi connectivity index (χ4v) is 3.35. The number of aryl methyl sites for hydroxylation is 2. The molecule has 1 amide bonds. The standard InChI is InChI=1S/C15H14Br2N2O2/c1-9-3-4-18-13(5-9)19-14(20)8-21-15-10(2)6-11(16)7-12(15)17/h3-7H,8H2,1-2H3,(H,18,19,20). The Bertz CT molecular complexity index is 651. The summed E-state index contributed by atoms with van der Waals surface area (Å²) < 4.78 is 7.33. The van der Waals surface area contributed by atoms with Crippen LogP contribution in [0.4, 0.5) is 5.82 Å². The summed E-state index contributed by atoms with van der Waals surface area (Å²) in [5.41, 5.74) is 1.98. The summed E-state index contributed by atoms with van der Waals surface area (Å²) >= 11 is 6.83. The zero-order valence-electron chi connectivity index (χ0n) is 11.6. The van der Waals surface area contributed by atoms with Crippen LogP contribution < -0.4 is 10.1 Å². The van der Waals surface area contributed by atoms with E-state index in [1.165, 1.54) is 0 Å². The largest absolute Gasteiger partial charge is 0.482 e. The fourth-order valence-electron chi connectivity index (χ4n) is 1.79. The number of rotatable bonds is 4. The van der Waals surface area contributed by atoms with Crippen molar-refractivity contribution in [3.05, 3.63) is 50.5 Å². The van der Waals surface area contributed by atoms with Gasteiger partial charge in [0.1, 0.15) is 11.6 Å². The molecule has 0 saturated heterocycles. The SMILES string of the molecule is Cc1ccnc(NC(=O)COc2c(C)cc(Br)cc2Br)c1. The van der Waals surface area contributed by atoms with Crippen molar-refractivity contribution in [1.29, 1.82) is 0 Å². The van der Waals surface area contributed by atoms with Crippen molar-refractivity contribution in [2.75, 3.05) is 11.9 Å². The molecule has 0 aliphatic carbocycles. The second kappa shape index (κ2) is 7.04. The van der Waals surface area contributed by atoms with Gasteiger partial charge < -0.3 is 10.1 Å². The molecule has 1 N–H and O–H groups in total. The van der Waals surface area contributed by atoms with Crippen molar-refractivity contribution in [2.24, 2.45) is 0 Å². The molecule has 0 aliphatic rings. The molecular formula is C15H14Br2N2O2. The number of amides is 1. The lowest BCUT2D eigenvalue weighted by molar-refractivity contribution is -0.118. The number of nitrogens with zero attached hydrogens (tertiary/aromatic N) is 1. The van der Waals surface area contributed by atoms with Gasteiger partial charge in [-0.2, -0.15) is 0 Å². The second-order valence-electron chi connectivity index (χ2n) is 4.59. The maximum Gasteiger partial charge on any atom is 0.263 e. The quantitative estimate of drug-likeness (QED) is 0.815. The van der Waals surface area contributed by atoms with Crippen LogP contribution in [0.3, 0.4) is 0 Å². The maximum atomic E-state index is 11.9. The van der Waals surface area contributed by atoms with Gasteiger partial charge in [-0.1, -0.05) is 15.9 Å². The van der Waals surface area contributed by atoms with E-state index in [1.54, 1.807) is 12.3 Å². The van der Waals surface area contributed by atoms with E-state index < -0.39 is 0 Å². The van der Waals surface area contributed by atoms with Crippen molar-refractivity contribution >= 4 is 43.6 Å². The minimum absolute atomic E-state index is 0.0727. The van der Waals surface area contributed by atoms with E-state index in [2.05, 4.69) is 42.2 Å². The van der Waals surface area contributed by atoms with Crippen molar-refractivity contribution in [3.8, 4) is 5.75 Å². The highest BCUT2D eigenvalue weighted by Gasteiger charge is 2.10. The topological polar surface area (TPSA) is 51.2 Å². The summed E-state index contributed by atoms with van der Waals surface area (Å²) in [5, 5.41) is 2.70. The highest BCUT2D eigenvalue weighted by molar-refractivity contribution is 9.11. The average molecular weight is 414 g/mol. The molecule has 0 unspecified atom stereocenters. The number of hydrogen-bond donors (Lipinski definition) is 1. The van der Waals surface area contributed by atoms with Gasteiger partial charge in [-0.3, -0.25) is 4.79 Å². The molecule has 2 aromatic rings. The lowest BCUT2D eigenvalue weighted by atomic mass is 10.2. The monoisotopic (exact) mass is 412 g/mol. The molecule has 0 radical (unpaired) electrons. The first-order valence-electron chi connectivity index (χ1n) is 6.26. The van der Waals surface area contributed by atoms with Crippen LogP contribution in [0, 0.1) is 13.8 Å². The Morgan fingerprint density at radius 2 is 2.05 bits per heavy atom. The Morgan fingerprint density at radius 1 is 1.29 bits per heavy atom. The van der Waals surface area contributed by atoms with E-state index >= 15 is 0 Å². The zero-order valence-corrected chi connectivity index (χ0v) is 14.8. The first-order chi connectivity index (χ1) is 9.95. The number of carbonyl (C=O) groups is 1. The highest BCUT2D eigenvalue weighted by Crippen LogP contribution is 2.32. The van der Waals surface area contributed by atoms with E-state index in [0.717, 1.165) is 20.1 Å². The van der Waals surface area contributed by atoms with Gasteiger partial charge in [0.2, 0.25) is 0 Å². The molecule has 0 spiro atoms. The van der Waals surface area contributed by atoms with Crippen molar-refractivity contribution < 1.29 is 9.53 Å². The molecule has 21 heavy (non-hydrogen) atoms. The lowest BCUT2D eigenvalue weighted by Gasteiger charge is -2.11. The molecule has 4 nitrogen and oxygen atoms in total. The smallest absolute Gasteiger partial charge is 0.263 e. The second-order valence-corrected chi connectivity index (χ2v) is 6.36. The van der Waals surface area contributed by atoms with Crippen LogP contribution in [0.2, 0.25) is 0 Å². The Balaban J connectivity index is 1.99. The third kappa shape index (κ3) is 4.54.